The molecule has 0 aliphatic carbocycles. The Morgan fingerprint density at radius 3 is 2.36 bits per heavy atom. The van der Waals surface area contributed by atoms with Crippen molar-refractivity contribution in [2.45, 2.75) is 31.2 Å². The van der Waals surface area contributed by atoms with Gasteiger partial charge in [0.1, 0.15) is 10.7 Å². The van der Waals surface area contributed by atoms with Gasteiger partial charge in [-0.05, 0) is 37.6 Å². The number of rotatable bonds is 6. The molecule has 118 valence electrons. The molecule has 8 heteroatoms. The van der Waals surface area contributed by atoms with E-state index in [-0.39, 0.29) is 21.8 Å². The van der Waals surface area contributed by atoms with Gasteiger partial charge in [0.25, 0.3) is 10.0 Å². The Morgan fingerprint density at radius 1 is 1.14 bits per heavy atom. The fourth-order valence-electron chi connectivity index (χ4n) is 1.67. The smallest absolute Gasteiger partial charge is 0.264 e. The average molecular weight is 341 g/mol. The molecule has 0 bridgehead atoms. The number of nitrogens with zero attached hydrogens (tertiary/aromatic N) is 2. The van der Waals surface area contributed by atoms with Crippen molar-refractivity contribution in [3.8, 4) is 0 Å². The van der Waals surface area contributed by atoms with Gasteiger partial charge in [0.15, 0.2) is 5.82 Å². The first-order valence-electron chi connectivity index (χ1n) is 6.80. The van der Waals surface area contributed by atoms with Crippen molar-refractivity contribution in [2.75, 3.05) is 10.0 Å². The second-order valence-corrected chi connectivity index (χ2v) is 6.85. The lowest BCUT2D eigenvalue weighted by Gasteiger charge is -2.12. The third kappa shape index (κ3) is 4.08. The SMILES string of the molecule is CCC(C)Nc1ccc(NS(=O)(=O)c2ccccc2Cl)nn1. The molecular weight excluding hydrogens is 324 g/mol. The van der Waals surface area contributed by atoms with E-state index in [4.69, 9.17) is 11.6 Å². The fraction of sp³-hybridized carbons (Fsp3) is 0.286. The Balaban J connectivity index is 2.15. The Morgan fingerprint density at radius 2 is 1.77 bits per heavy atom. The van der Waals surface area contributed by atoms with Crippen LogP contribution in [0.15, 0.2) is 41.3 Å². The van der Waals surface area contributed by atoms with Crippen molar-refractivity contribution in [2.24, 2.45) is 0 Å². The summed E-state index contributed by atoms with van der Waals surface area (Å²) in [6.07, 6.45) is 0.947. The third-order valence-electron chi connectivity index (χ3n) is 3.04. The highest BCUT2D eigenvalue weighted by atomic mass is 35.5. The number of halogens is 1. The predicted octanol–water partition coefficient (Wildman–Crippen LogP) is 3.14. The number of aromatic nitrogens is 2. The molecule has 0 fully saturated rings. The van der Waals surface area contributed by atoms with Gasteiger partial charge in [0.05, 0.1) is 5.02 Å². The van der Waals surface area contributed by atoms with E-state index in [0.717, 1.165) is 6.42 Å². The van der Waals surface area contributed by atoms with E-state index in [1.807, 2.05) is 6.92 Å². The molecule has 0 spiro atoms. The van der Waals surface area contributed by atoms with Crippen LogP contribution in [0, 0.1) is 0 Å². The van der Waals surface area contributed by atoms with E-state index >= 15 is 0 Å². The van der Waals surface area contributed by atoms with Crippen LogP contribution in [-0.4, -0.2) is 24.7 Å². The number of anilines is 2. The number of nitrogens with one attached hydrogen (secondary N) is 2. The minimum Gasteiger partial charge on any atom is -0.366 e. The minimum atomic E-state index is -3.79. The molecule has 2 rings (SSSR count). The van der Waals surface area contributed by atoms with Crippen LogP contribution in [0.5, 0.6) is 0 Å². The van der Waals surface area contributed by atoms with Crippen LogP contribution in [0.2, 0.25) is 5.02 Å². The molecule has 0 saturated heterocycles. The maximum atomic E-state index is 12.3. The molecule has 0 radical (unpaired) electrons. The number of hydrogen-bond donors (Lipinski definition) is 2. The van der Waals surface area contributed by atoms with Crippen molar-refractivity contribution in [3.05, 3.63) is 41.4 Å². The number of benzene rings is 1. The van der Waals surface area contributed by atoms with Gasteiger partial charge in [-0.2, -0.15) is 0 Å². The molecule has 2 N–H and O–H groups in total. The average Bonchev–Trinajstić information content (AvgIpc) is 2.49. The van der Waals surface area contributed by atoms with E-state index < -0.39 is 10.0 Å². The van der Waals surface area contributed by atoms with E-state index in [1.165, 1.54) is 12.1 Å². The van der Waals surface area contributed by atoms with E-state index in [2.05, 4.69) is 27.2 Å². The number of hydrogen-bond acceptors (Lipinski definition) is 5. The van der Waals surface area contributed by atoms with Crippen LogP contribution in [0.3, 0.4) is 0 Å². The van der Waals surface area contributed by atoms with Gasteiger partial charge in [0.2, 0.25) is 0 Å². The molecule has 0 aliphatic heterocycles. The molecule has 6 nitrogen and oxygen atoms in total. The fourth-order valence-corrected chi connectivity index (χ4v) is 3.19. The standard InChI is InChI=1S/C14H17ClN4O2S/c1-3-10(2)16-13-8-9-14(18-17-13)19-22(20,21)12-7-5-4-6-11(12)15/h4-10H,3H2,1-2H3,(H,16,17)(H,18,19). The zero-order valence-corrected chi connectivity index (χ0v) is 13.8. The molecule has 2 aromatic rings. The summed E-state index contributed by atoms with van der Waals surface area (Å²) in [6.45, 7) is 4.08. The Kier molecular flexibility index (Phi) is 5.20. The Bertz CT molecular complexity index is 735. The minimum absolute atomic E-state index is 0.000253. The highest BCUT2D eigenvalue weighted by Gasteiger charge is 2.18. The van der Waals surface area contributed by atoms with Crippen molar-refractivity contribution >= 4 is 33.3 Å². The molecule has 22 heavy (non-hydrogen) atoms. The van der Waals surface area contributed by atoms with Gasteiger partial charge >= 0.3 is 0 Å². The summed E-state index contributed by atoms with van der Waals surface area (Å²) in [5, 5.41) is 11.1. The third-order valence-corrected chi connectivity index (χ3v) is 4.89. The maximum absolute atomic E-state index is 12.3. The molecule has 1 heterocycles. The first-order chi connectivity index (χ1) is 10.4. The lowest BCUT2D eigenvalue weighted by molar-refractivity contribution is 0.601. The normalized spacial score (nSPS) is 12.7. The maximum Gasteiger partial charge on any atom is 0.264 e. The molecule has 0 aliphatic rings. The van der Waals surface area contributed by atoms with Crippen LogP contribution in [-0.2, 0) is 10.0 Å². The van der Waals surface area contributed by atoms with Crippen LogP contribution >= 0.6 is 11.6 Å². The molecule has 0 saturated carbocycles. The number of sulfonamides is 1. The van der Waals surface area contributed by atoms with E-state index in [1.54, 1.807) is 24.3 Å². The second-order valence-electron chi connectivity index (χ2n) is 4.79. The summed E-state index contributed by atoms with van der Waals surface area (Å²) >= 11 is 5.91. The second kappa shape index (κ2) is 6.93. The van der Waals surface area contributed by atoms with Gasteiger partial charge in [-0.3, -0.25) is 4.72 Å². The van der Waals surface area contributed by atoms with Gasteiger partial charge in [-0.1, -0.05) is 30.7 Å². The van der Waals surface area contributed by atoms with Crippen molar-refractivity contribution in [3.63, 3.8) is 0 Å². The van der Waals surface area contributed by atoms with Crippen molar-refractivity contribution < 1.29 is 8.42 Å². The zero-order valence-electron chi connectivity index (χ0n) is 12.2. The molecular formula is C14H17ClN4O2S. The van der Waals surface area contributed by atoms with E-state index in [0.29, 0.717) is 5.82 Å². The van der Waals surface area contributed by atoms with Crippen LogP contribution < -0.4 is 10.0 Å². The van der Waals surface area contributed by atoms with Crippen LogP contribution in [0.1, 0.15) is 20.3 Å². The summed E-state index contributed by atoms with van der Waals surface area (Å²) in [5.74, 6) is 0.727. The molecule has 0 amide bonds. The predicted molar refractivity (Wildman–Crippen MR) is 87.7 cm³/mol. The molecule has 1 aromatic carbocycles. The molecule has 1 unspecified atom stereocenters. The highest BCUT2D eigenvalue weighted by Crippen LogP contribution is 2.22. The van der Waals surface area contributed by atoms with Gasteiger partial charge < -0.3 is 5.32 Å². The van der Waals surface area contributed by atoms with Crippen LogP contribution in [0.25, 0.3) is 0 Å². The zero-order chi connectivity index (χ0) is 16.2. The molecule has 1 atom stereocenters. The van der Waals surface area contributed by atoms with Crippen LogP contribution in [0.4, 0.5) is 11.6 Å². The first-order valence-corrected chi connectivity index (χ1v) is 8.66. The lowest BCUT2D eigenvalue weighted by Crippen LogP contribution is -2.17. The van der Waals surface area contributed by atoms with Gasteiger partial charge in [-0.15, -0.1) is 10.2 Å². The lowest BCUT2D eigenvalue weighted by atomic mass is 10.2. The summed E-state index contributed by atoms with van der Waals surface area (Å²) in [4.78, 5) is 0.000253. The summed E-state index contributed by atoms with van der Waals surface area (Å²) in [7, 11) is -3.79. The summed E-state index contributed by atoms with van der Waals surface area (Å²) in [5.41, 5.74) is 0. The monoisotopic (exact) mass is 340 g/mol. The Hall–Kier alpha value is -1.86. The van der Waals surface area contributed by atoms with E-state index in [9.17, 15) is 8.42 Å². The first kappa shape index (κ1) is 16.5. The van der Waals surface area contributed by atoms with Gasteiger partial charge in [-0.25, -0.2) is 8.42 Å². The topological polar surface area (TPSA) is 84.0 Å². The molecule has 1 aromatic heterocycles. The quantitative estimate of drug-likeness (QED) is 0.844. The van der Waals surface area contributed by atoms with Gasteiger partial charge in [0, 0.05) is 6.04 Å². The van der Waals surface area contributed by atoms with Crippen molar-refractivity contribution in [1.82, 2.24) is 10.2 Å². The summed E-state index contributed by atoms with van der Waals surface area (Å²) in [6, 6.07) is 9.69. The largest absolute Gasteiger partial charge is 0.366 e. The highest BCUT2D eigenvalue weighted by molar-refractivity contribution is 7.92. The summed E-state index contributed by atoms with van der Waals surface area (Å²) < 4.78 is 26.9. The van der Waals surface area contributed by atoms with Crippen molar-refractivity contribution in [1.29, 1.82) is 0 Å². The Labute approximate surface area is 135 Å².